The van der Waals surface area contributed by atoms with Crippen LogP contribution in [0.3, 0.4) is 0 Å². The number of allylic oxidation sites excluding steroid dienone is 2. The van der Waals surface area contributed by atoms with Crippen LogP contribution < -0.4 is 5.32 Å². The van der Waals surface area contributed by atoms with E-state index in [1.54, 1.807) is 24.4 Å². The Labute approximate surface area is 119 Å². The summed E-state index contributed by atoms with van der Waals surface area (Å²) in [6.45, 7) is 6.09. The van der Waals surface area contributed by atoms with Crippen LogP contribution in [-0.4, -0.2) is 15.9 Å². The molecule has 0 unspecified atom stereocenters. The average molecular weight is 287 g/mol. The van der Waals surface area contributed by atoms with E-state index in [-0.39, 0.29) is 5.69 Å². The summed E-state index contributed by atoms with van der Waals surface area (Å²) < 4.78 is 26.6. The van der Waals surface area contributed by atoms with Gasteiger partial charge < -0.3 is 5.32 Å². The zero-order valence-corrected chi connectivity index (χ0v) is 10.9. The van der Waals surface area contributed by atoms with Crippen molar-refractivity contribution in [1.82, 2.24) is 9.97 Å². The van der Waals surface area contributed by atoms with Crippen molar-refractivity contribution in [3.63, 3.8) is 0 Å². The third kappa shape index (κ3) is 3.17. The average Bonchev–Trinajstić information content (AvgIpc) is 2.46. The number of carbonyl (C=O) groups is 1. The molecule has 2 aromatic rings. The van der Waals surface area contributed by atoms with Gasteiger partial charge in [0.15, 0.2) is 0 Å². The first-order chi connectivity index (χ1) is 10.0. The standard InChI is InChI=1S/C15H11F2N3O/c1-3-11(17)14(9(2)16)15(21)20-10-7-13-12(19-8-10)5-4-6-18-13/h3-8H,1-2H2,(H,20,21). The van der Waals surface area contributed by atoms with Gasteiger partial charge in [-0.1, -0.05) is 13.2 Å². The molecule has 1 N–H and O–H groups in total. The lowest BCUT2D eigenvalue weighted by Gasteiger charge is -2.07. The molecule has 6 heteroatoms. The topological polar surface area (TPSA) is 54.9 Å². The lowest BCUT2D eigenvalue weighted by molar-refractivity contribution is -0.112. The first-order valence-electron chi connectivity index (χ1n) is 5.92. The molecule has 0 aliphatic rings. The number of nitrogens with one attached hydrogen (secondary N) is 1. The summed E-state index contributed by atoms with van der Waals surface area (Å²) >= 11 is 0. The molecule has 0 bridgehead atoms. The summed E-state index contributed by atoms with van der Waals surface area (Å²) in [4.78, 5) is 20.0. The van der Waals surface area contributed by atoms with Gasteiger partial charge in [0, 0.05) is 6.20 Å². The second-order valence-corrected chi connectivity index (χ2v) is 4.05. The summed E-state index contributed by atoms with van der Waals surface area (Å²) in [6, 6.07) is 5.02. The first-order valence-corrected chi connectivity index (χ1v) is 5.92. The number of fused-ring (bicyclic) bond motifs is 1. The molecule has 1 amide bonds. The van der Waals surface area contributed by atoms with Crippen molar-refractivity contribution in [3.05, 3.63) is 67.1 Å². The van der Waals surface area contributed by atoms with Gasteiger partial charge in [0.2, 0.25) is 0 Å². The molecule has 2 heterocycles. The van der Waals surface area contributed by atoms with E-state index < -0.39 is 23.1 Å². The van der Waals surface area contributed by atoms with Gasteiger partial charge in [-0.05, 0) is 24.3 Å². The van der Waals surface area contributed by atoms with Gasteiger partial charge in [0.05, 0.1) is 22.9 Å². The molecule has 0 saturated carbocycles. The molecule has 0 aliphatic heterocycles. The number of amides is 1. The van der Waals surface area contributed by atoms with Crippen molar-refractivity contribution in [2.45, 2.75) is 0 Å². The van der Waals surface area contributed by atoms with Crippen LogP contribution in [0.1, 0.15) is 0 Å². The van der Waals surface area contributed by atoms with E-state index in [0.717, 1.165) is 6.08 Å². The fourth-order valence-corrected chi connectivity index (χ4v) is 1.68. The van der Waals surface area contributed by atoms with Crippen molar-refractivity contribution >= 4 is 22.6 Å². The molecule has 2 aromatic heterocycles. The minimum atomic E-state index is -1.18. The van der Waals surface area contributed by atoms with E-state index in [1.165, 1.54) is 6.20 Å². The Hall–Kier alpha value is -2.89. The number of nitrogens with zero attached hydrogens (tertiary/aromatic N) is 2. The molecule has 0 fully saturated rings. The molecular weight excluding hydrogens is 276 g/mol. The molecule has 4 nitrogen and oxygen atoms in total. The van der Waals surface area contributed by atoms with Crippen LogP contribution in [0.5, 0.6) is 0 Å². The van der Waals surface area contributed by atoms with Gasteiger partial charge in [-0.2, -0.15) is 0 Å². The van der Waals surface area contributed by atoms with E-state index in [0.29, 0.717) is 11.0 Å². The number of pyridine rings is 2. The summed E-state index contributed by atoms with van der Waals surface area (Å²) in [6.07, 6.45) is 3.67. The maximum Gasteiger partial charge on any atom is 0.261 e. The van der Waals surface area contributed by atoms with Crippen molar-refractivity contribution in [2.24, 2.45) is 0 Å². The largest absolute Gasteiger partial charge is 0.320 e. The molecule has 0 atom stereocenters. The minimum Gasteiger partial charge on any atom is -0.320 e. The van der Waals surface area contributed by atoms with Gasteiger partial charge in [0.25, 0.3) is 5.91 Å². The van der Waals surface area contributed by atoms with Crippen molar-refractivity contribution in [1.29, 1.82) is 0 Å². The van der Waals surface area contributed by atoms with Crippen LogP contribution in [0.4, 0.5) is 14.5 Å². The van der Waals surface area contributed by atoms with E-state index in [2.05, 4.69) is 28.4 Å². The predicted octanol–water partition coefficient (Wildman–Crippen LogP) is 3.46. The third-order valence-electron chi connectivity index (χ3n) is 2.63. The zero-order valence-electron chi connectivity index (χ0n) is 10.9. The van der Waals surface area contributed by atoms with Crippen LogP contribution in [0.25, 0.3) is 11.0 Å². The quantitative estimate of drug-likeness (QED) is 0.692. The Morgan fingerprint density at radius 1 is 1.29 bits per heavy atom. The fourth-order valence-electron chi connectivity index (χ4n) is 1.68. The summed E-state index contributed by atoms with van der Waals surface area (Å²) in [7, 11) is 0. The SMILES string of the molecule is C=CC(F)=C(C(=C)F)C(=O)Nc1cnc2cccnc2c1. The molecule has 0 aromatic carbocycles. The number of hydrogen-bond acceptors (Lipinski definition) is 3. The van der Waals surface area contributed by atoms with Gasteiger partial charge in [0.1, 0.15) is 17.2 Å². The highest BCUT2D eigenvalue weighted by atomic mass is 19.1. The summed E-state index contributed by atoms with van der Waals surface area (Å²) in [5.74, 6) is -3.25. The number of hydrogen-bond donors (Lipinski definition) is 1. The number of aromatic nitrogens is 2. The minimum absolute atomic E-state index is 0.266. The number of carbonyl (C=O) groups excluding carboxylic acids is 1. The highest BCUT2D eigenvalue weighted by molar-refractivity contribution is 6.07. The Bertz CT molecular complexity index is 768. The van der Waals surface area contributed by atoms with Crippen LogP contribution in [0.2, 0.25) is 0 Å². The molecule has 0 aliphatic carbocycles. The normalized spacial score (nSPS) is 11.7. The lowest BCUT2D eigenvalue weighted by Crippen LogP contribution is -2.16. The summed E-state index contributed by atoms with van der Waals surface area (Å²) in [5.41, 5.74) is 0.649. The van der Waals surface area contributed by atoms with Crippen LogP contribution in [0, 0.1) is 0 Å². The Kier molecular flexibility index (Phi) is 4.18. The number of halogens is 2. The van der Waals surface area contributed by atoms with Crippen LogP contribution >= 0.6 is 0 Å². The van der Waals surface area contributed by atoms with E-state index in [4.69, 9.17) is 0 Å². The van der Waals surface area contributed by atoms with Gasteiger partial charge in [-0.3, -0.25) is 14.8 Å². The van der Waals surface area contributed by atoms with Crippen molar-refractivity contribution in [3.8, 4) is 0 Å². The van der Waals surface area contributed by atoms with Crippen molar-refractivity contribution < 1.29 is 13.6 Å². The van der Waals surface area contributed by atoms with E-state index in [9.17, 15) is 13.6 Å². The Morgan fingerprint density at radius 3 is 2.71 bits per heavy atom. The molecule has 2 rings (SSSR count). The predicted molar refractivity (Wildman–Crippen MR) is 76.7 cm³/mol. The fraction of sp³-hybridized carbons (Fsp3) is 0. The van der Waals surface area contributed by atoms with Crippen LogP contribution in [-0.2, 0) is 4.79 Å². The van der Waals surface area contributed by atoms with E-state index in [1.807, 2.05) is 0 Å². The van der Waals surface area contributed by atoms with Crippen molar-refractivity contribution in [2.75, 3.05) is 5.32 Å². The molecule has 21 heavy (non-hydrogen) atoms. The molecule has 0 radical (unpaired) electrons. The maximum atomic E-state index is 13.4. The first kappa shape index (κ1) is 14.5. The molecule has 106 valence electrons. The number of anilines is 1. The lowest BCUT2D eigenvalue weighted by atomic mass is 10.2. The molecule has 0 spiro atoms. The van der Waals surface area contributed by atoms with E-state index >= 15 is 0 Å². The number of rotatable bonds is 4. The van der Waals surface area contributed by atoms with Gasteiger partial charge >= 0.3 is 0 Å². The highest BCUT2D eigenvalue weighted by Crippen LogP contribution is 2.20. The Morgan fingerprint density at radius 2 is 2.05 bits per heavy atom. The Balaban J connectivity index is 2.32. The second-order valence-electron chi connectivity index (χ2n) is 4.05. The van der Waals surface area contributed by atoms with Crippen LogP contribution in [0.15, 0.2) is 67.1 Å². The van der Waals surface area contributed by atoms with Gasteiger partial charge in [-0.15, -0.1) is 0 Å². The second kappa shape index (κ2) is 6.04. The summed E-state index contributed by atoms with van der Waals surface area (Å²) in [5, 5.41) is 2.34. The molecule has 0 saturated heterocycles. The monoisotopic (exact) mass is 287 g/mol. The highest BCUT2D eigenvalue weighted by Gasteiger charge is 2.18. The molecular formula is C15H11F2N3O. The van der Waals surface area contributed by atoms with Gasteiger partial charge in [-0.25, -0.2) is 8.78 Å². The zero-order chi connectivity index (χ0) is 15.4. The maximum absolute atomic E-state index is 13.4. The smallest absolute Gasteiger partial charge is 0.261 e. The third-order valence-corrected chi connectivity index (χ3v) is 2.63.